The van der Waals surface area contributed by atoms with Gasteiger partial charge in [0.05, 0.1) is 6.07 Å². The van der Waals surface area contributed by atoms with E-state index in [0.717, 1.165) is 10.6 Å². The number of carbonyl (C=O) groups excluding carboxylic acids is 1. The highest BCUT2D eigenvalue weighted by Crippen LogP contribution is 2.13. The van der Waals surface area contributed by atoms with Crippen molar-refractivity contribution in [3.8, 4) is 5.88 Å². The minimum atomic E-state index is -0.770. The third-order valence-electron chi connectivity index (χ3n) is 1.89. The van der Waals surface area contributed by atoms with Crippen molar-refractivity contribution in [3.63, 3.8) is 0 Å². The zero-order valence-corrected chi connectivity index (χ0v) is 8.06. The lowest BCUT2D eigenvalue weighted by Gasteiger charge is -2.13. The maximum atomic E-state index is 11.3. The summed E-state index contributed by atoms with van der Waals surface area (Å²) in [5.41, 5.74) is 3.49. The molecule has 0 saturated carbocycles. The van der Waals surface area contributed by atoms with Gasteiger partial charge >= 0.3 is 5.69 Å². The zero-order chi connectivity index (χ0) is 11.6. The molecule has 0 aliphatic rings. The Morgan fingerprint density at radius 3 is 2.73 bits per heavy atom. The summed E-state index contributed by atoms with van der Waals surface area (Å²) in [5, 5.41) is 9.35. The van der Waals surface area contributed by atoms with E-state index in [4.69, 9.17) is 5.73 Å². The topological polar surface area (TPSA) is 118 Å². The van der Waals surface area contributed by atoms with E-state index in [1.54, 1.807) is 0 Å². The molecule has 0 aliphatic heterocycles. The molecule has 15 heavy (non-hydrogen) atoms. The summed E-state index contributed by atoms with van der Waals surface area (Å²) in [5.74, 6) is -1.09. The van der Waals surface area contributed by atoms with E-state index < -0.39 is 29.1 Å². The van der Waals surface area contributed by atoms with Gasteiger partial charge in [-0.05, 0) is 6.92 Å². The maximum absolute atomic E-state index is 11.3. The highest BCUT2D eigenvalue weighted by molar-refractivity contribution is 5.74. The van der Waals surface area contributed by atoms with Crippen molar-refractivity contribution in [3.05, 3.63) is 26.9 Å². The van der Waals surface area contributed by atoms with E-state index in [2.05, 4.69) is 0 Å². The van der Waals surface area contributed by atoms with Crippen LogP contribution >= 0.6 is 0 Å². The van der Waals surface area contributed by atoms with Crippen LogP contribution in [0.3, 0.4) is 0 Å². The minimum absolute atomic E-state index is 0.0977. The minimum Gasteiger partial charge on any atom is -0.494 e. The lowest BCUT2D eigenvalue weighted by atomic mass is 10.2. The van der Waals surface area contributed by atoms with Crippen molar-refractivity contribution in [2.24, 2.45) is 5.73 Å². The maximum Gasteiger partial charge on any atom is 0.331 e. The molecule has 1 atom stereocenters. The smallest absolute Gasteiger partial charge is 0.331 e. The number of nitrogens with two attached hydrogens (primary N) is 1. The molecular weight excluding hydrogens is 202 g/mol. The monoisotopic (exact) mass is 213 g/mol. The third kappa shape index (κ3) is 2.46. The van der Waals surface area contributed by atoms with Gasteiger partial charge in [-0.2, -0.15) is 0 Å². The van der Waals surface area contributed by atoms with Gasteiger partial charge in [0.25, 0.3) is 5.56 Å². The number of aromatic amines is 1. The number of nitrogens with zero attached hydrogens (tertiary/aromatic N) is 1. The molecule has 1 amide bonds. The Hall–Kier alpha value is -2.05. The summed E-state index contributed by atoms with van der Waals surface area (Å²) in [6, 6.07) is 0.255. The standard InChI is InChI=1S/C8H11N3O4/c1-4(2-5(9)12)11-7(14)3-6(13)10-8(11)15/h3-4,14H,2H2,1H3,(H2,9,12)(H,10,13,15). The number of aromatic nitrogens is 2. The molecule has 0 bridgehead atoms. The van der Waals surface area contributed by atoms with E-state index in [1.165, 1.54) is 6.92 Å². The van der Waals surface area contributed by atoms with Gasteiger partial charge in [-0.15, -0.1) is 0 Å². The predicted molar refractivity (Wildman–Crippen MR) is 51.5 cm³/mol. The number of aromatic hydroxyl groups is 1. The molecule has 1 rings (SSSR count). The van der Waals surface area contributed by atoms with E-state index in [-0.39, 0.29) is 6.42 Å². The molecule has 0 fully saturated rings. The second-order valence-electron chi connectivity index (χ2n) is 3.19. The number of H-pyrrole nitrogens is 1. The molecule has 7 heteroatoms. The first-order valence-corrected chi connectivity index (χ1v) is 4.25. The highest BCUT2D eigenvalue weighted by atomic mass is 16.3. The second-order valence-corrected chi connectivity index (χ2v) is 3.19. The van der Waals surface area contributed by atoms with Crippen LogP contribution < -0.4 is 17.0 Å². The van der Waals surface area contributed by atoms with Gasteiger partial charge in [0.1, 0.15) is 0 Å². The quantitative estimate of drug-likeness (QED) is 0.576. The van der Waals surface area contributed by atoms with Crippen LogP contribution in [-0.2, 0) is 4.79 Å². The van der Waals surface area contributed by atoms with E-state index in [1.807, 2.05) is 4.98 Å². The number of rotatable bonds is 3. The van der Waals surface area contributed by atoms with Crippen molar-refractivity contribution in [2.75, 3.05) is 0 Å². The van der Waals surface area contributed by atoms with Crippen LogP contribution in [0.1, 0.15) is 19.4 Å². The number of carbonyl (C=O) groups is 1. The van der Waals surface area contributed by atoms with Gasteiger partial charge in [-0.1, -0.05) is 0 Å². The van der Waals surface area contributed by atoms with Crippen LogP contribution in [0.4, 0.5) is 0 Å². The lowest BCUT2D eigenvalue weighted by Crippen LogP contribution is -2.32. The molecule has 0 aromatic carbocycles. The van der Waals surface area contributed by atoms with Gasteiger partial charge in [-0.3, -0.25) is 19.1 Å². The van der Waals surface area contributed by atoms with E-state index in [9.17, 15) is 19.5 Å². The average Bonchev–Trinajstić information content (AvgIpc) is 1.99. The van der Waals surface area contributed by atoms with Gasteiger partial charge in [0, 0.05) is 12.5 Å². The number of hydrogen-bond donors (Lipinski definition) is 3. The van der Waals surface area contributed by atoms with E-state index >= 15 is 0 Å². The molecular formula is C8H11N3O4. The normalized spacial score (nSPS) is 12.3. The Balaban J connectivity index is 3.20. The molecule has 7 nitrogen and oxygen atoms in total. The average molecular weight is 213 g/mol. The Bertz CT molecular complexity index is 487. The first-order valence-electron chi connectivity index (χ1n) is 4.25. The second kappa shape index (κ2) is 3.99. The summed E-state index contributed by atoms with van der Waals surface area (Å²) >= 11 is 0. The fourth-order valence-corrected chi connectivity index (χ4v) is 1.30. The number of primary amides is 1. The van der Waals surface area contributed by atoms with Crippen LogP contribution in [0, 0.1) is 0 Å². The van der Waals surface area contributed by atoms with Crippen molar-refractivity contribution in [1.29, 1.82) is 0 Å². The van der Waals surface area contributed by atoms with Gasteiger partial charge < -0.3 is 10.8 Å². The van der Waals surface area contributed by atoms with Gasteiger partial charge in [-0.25, -0.2) is 4.79 Å². The summed E-state index contributed by atoms with van der Waals surface area (Å²) in [4.78, 5) is 34.7. The van der Waals surface area contributed by atoms with Gasteiger partial charge in [0.15, 0.2) is 0 Å². The van der Waals surface area contributed by atoms with Crippen molar-refractivity contribution in [2.45, 2.75) is 19.4 Å². The van der Waals surface area contributed by atoms with Crippen molar-refractivity contribution >= 4 is 5.91 Å². The van der Waals surface area contributed by atoms with Crippen LogP contribution in [0.2, 0.25) is 0 Å². The first-order chi connectivity index (χ1) is 6.91. The Morgan fingerprint density at radius 1 is 1.67 bits per heavy atom. The SMILES string of the molecule is CC(CC(N)=O)n1c(O)cc(=O)[nH]c1=O. The highest BCUT2D eigenvalue weighted by Gasteiger charge is 2.14. The Kier molecular flexibility index (Phi) is 2.93. The zero-order valence-electron chi connectivity index (χ0n) is 8.06. The number of hydrogen-bond acceptors (Lipinski definition) is 4. The predicted octanol–water partition coefficient (Wildman–Crippen LogP) is -1.32. The fourth-order valence-electron chi connectivity index (χ4n) is 1.30. The summed E-state index contributed by atoms with van der Waals surface area (Å²) < 4.78 is 0.895. The Labute approximate surface area is 84.2 Å². The molecule has 1 aromatic heterocycles. The molecule has 0 saturated heterocycles. The lowest BCUT2D eigenvalue weighted by molar-refractivity contribution is -0.118. The molecule has 4 N–H and O–H groups in total. The summed E-state index contributed by atoms with van der Waals surface area (Å²) in [6.07, 6.45) is -0.0977. The number of amides is 1. The van der Waals surface area contributed by atoms with Crippen LogP contribution in [0.5, 0.6) is 5.88 Å². The first kappa shape index (κ1) is 11.0. The summed E-state index contributed by atoms with van der Waals surface area (Å²) in [7, 11) is 0. The molecule has 1 unspecified atom stereocenters. The van der Waals surface area contributed by atoms with E-state index in [0.29, 0.717) is 0 Å². The molecule has 0 radical (unpaired) electrons. The number of nitrogens with one attached hydrogen (secondary N) is 1. The van der Waals surface area contributed by atoms with Crippen LogP contribution in [0.25, 0.3) is 0 Å². The van der Waals surface area contributed by atoms with Crippen LogP contribution in [-0.4, -0.2) is 20.6 Å². The van der Waals surface area contributed by atoms with Crippen molar-refractivity contribution in [1.82, 2.24) is 9.55 Å². The van der Waals surface area contributed by atoms with Crippen LogP contribution in [0.15, 0.2) is 15.7 Å². The van der Waals surface area contributed by atoms with Gasteiger partial charge in [0.2, 0.25) is 11.8 Å². The largest absolute Gasteiger partial charge is 0.494 e. The molecule has 1 heterocycles. The molecule has 1 aromatic rings. The molecule has 0 spiro atoms. The molecule has 82 valence electrons. The molecule has 0 aliphatic carbocycles. The fraction of sp³-hybridized carbons (Fsp3) is 0.375. The third-order valence-corrected chi connectivity index (χ3v) is 1.89. The Morgan fingerprint density at radius 2 is 2.27 bits per heavy atom. The summed E-state index contributed by atoms with van der Waals surface area (Å²) in [6.45, 7) is 1.53. The van der Waals surface area contributed by atoms with Crippen molar-refractivity contribution < 1.29 is 9.90 Å².